The van der Waals surface area contributed by atoms with Crippen LogP contribution in [0, 0.1) is 17.1 Å². The maximum absolute atomic E-state index is 13.2. The second kappa shape index (κ2) is 7.80. The zero-order valence-corrected chi connectivity index (χ0v) is 13.5. The summed E-state index contributed by atoms with van der Waals surface area (Å²) in [5.74, 6) is -1.60. The van der Waals surface area contributed by atoms with Gasteiger partial charge in [-0.25, -0.2) is 4.39 Å². The molecule has 1 rings (SSSR count). The van der Waals surface area contributed by atoms with Gasteiger partial charge in [0.05, 0.1) is 5.56 Å². The number of anilines is 1. The van der Waals surface area contributed by atoms with Gasteiger partial charge < -0.3 is 10.6 Å². The fourth-order valence-corrected chi connectivity index (χ4v) is 2.30. The largest absolute Gasteiger partial charge is 0.347 e. The molecule has 0 aliphatic heterocycles. The third-order valence-electron chi connectivity index (χ3n) is 2.47. The summed E-state index contributed by atoms with van der Waals surface area (Å²) < 4.78 is 13.2. The van der Waals surface area contributed by atoms with Crippen LogP contribution < -0.4 is 10.6 Å². The smallest absolute Gasteiger partial charge is 0.313 e. The number of carbonyl (C=O) groups is 2. The fourth-order valence-electron chi connectivity index (χ4n) is 1.48. The van der Waals surface area contributed by atoms with Gasteiger partial charge in [0.15, 0.2) is 0 Å². The number of thioether (sulfide) groups is 1. The van der Waals surface area contributed by atoms with E-state index in [0.29, 0.717) is 12.3 Å². The van der Waals surface area contributed by atoms with Crippen LogP contribution in [0.15, 0.2) is 18.2 Å². The predicted molar refractivity (Wildman–Crippen MR) is 85.0 cm³/mol. The molecule has 22 heavy (non-hydrogen) atoms. The lowest BCUT2D eigenvalue weighted by atomic mass is 10.2. The van der Waals surface area contributed by atoms with E-state index < -0.39 is 17.6 Å². The zero-order valence-electron chi connectivity index (χ0n) is 12.7. The molecule has 1 aromatic rings. The Kier molecular flexibility index (Phi) is 6.38. The lowest BCUT2D eigenvalue weighted by Crippen LogP contribution is -2.36. The Hall–Kier alpha value is -2.07. The van der Waals surface area contributed by atoms with Gasteiger partial charge in [0.2, 0.25) is 0 Å². The van der Waals surface area contributed by atoms with Crippen molar-refractivity contribution in [1.82, 2.24) is 5.32 Å². The van der Waals surface area contributed by atoms with E-state index in [9.17, 15) is 14.0 Å². The number of nitrogens with zero attached hydrogens (tertiary/aromatic N) is 1. The van der Waals surface area contributed by atoms with E-state index in [0.717, 1.165) is 6.07 Å². The number of hydrogen-bond acceptors (Lipinski definition) is 4. The van der Waals surface area contributed by atoms with Gasteiger partial charge in [-0.1, -0.05) is 20.8 Å². The Balaban J connectivity index is 2.48. The van der Waals surface area contributed by atoms with Crippen LogP contribution >= 0.6 is 11.8 Å². The summed E-state index contributed by atoms with van der Waals surface area (Å²) in [6.45, 7) is 6.57. The van der Waals surface area contributed by atoms with Crippen LogP contribution in [0.1, 0.15) is 26.3 Å². The van der Waals surface area contributed by atoms with Crippen LogP contribution in [0.5, 0.6) is 0 Å². The second-order valence-corrected chi connectivity index (χ2v) is 7.40. The number of nitriles is 1. The highest BCUT2D eigenvalue weighted by Crippen LogP contribution is 2.22. The molecular weight excluding hydrogens is 305 g/mol. The molecule has 2 N–H and O–H groups in total. The van der Waals surface area contributed by atoms with Crippen molar-refractivity contribution in [2.75, 3.05) is 17.6 Å². The maximum Gasteiger partial charge on any atom is 0.313 e. The van der Waals surface area contributed by atoms with E-state index in [1.165, 1.54) is 12.1 Å². The molecule has 1 aromatic carbocycles. The average molecular weight is 323 g/mol. The third-order valence-corrected chi connectivity index (χ3v) is 3.75. The van der Waals surface area contributed by atoms with Crippen molar-refractivity contribution < 1.29 is 14.0 Å². The minimum Gasteiger partial charge on any atom is -0.347 e. The van der Waals surface area contributed by atoms with Gasteiger partial charge in [-0.3, -0.25) is 9.59 Å². The molecule has 0 unspecified atom stereocenters. The van der Waals surface area contributed by atoms with Gasteiger partial charge in [-0.05, 0) is 18.2 Å². The molecule has 0 fully saturated rings. The Morgan fingerprint density at radius 2 is 2.00 bits per heavy atom. The first-order valence-corrected chi connectivity index (χ1v) is 7.64. The Morgan fingerprint density at radius 3 is 2.59 bits per heavy atom. The summed E-state index contributed by atoms with van der Waals surface area (Å²) in [5.41, 5.74) is 0.00181. The molecule has 0 saturated carbocycles. The molecule has 0 saturated heterocycles. The van der Waals surface area contributed by atoms with Crippen molar-refractivity contribution in [1.29, 1.82) is 5.26 Å². The van der Waals surface area contributed by atoms with Gasteiger partial charge in [0, 0.05) is 22.7 Å². The van der Waals surface area contributed by atoms with Crippen LogP contribution in [-0.2, 0) is 9.59 Å². The monoisotopic (exact) mass is 323 g/mol. The molecule has 0 atom stereocenters. The van der Waals surface area contributed by atoms with E-state index in [1.807, 2.05) is 0 Å². The van der Waals surface area contributed by atoms with E-state index in [4.69, 9.17) is 5.26 Å². The first-order chi connectivity index (χ1) is 10.2. The lowest BCUT2D eigenvalue weighted by Gasteiger charge is -2.17. The summed E-state index contributed by atoms with van der Waals surface area (Å²) in [6, 6.07) is 5.19. The molecule has 0 bridgehead atoms. The van der Waals surface area contributed by atoms with Crippen LogP contribution in [0.25, 0.3) is 0 Å². The molecule has 2 amide bonds. The van der Waals surface area contributed by atoms with Crippen molar-refractivity contribution in [2.24, 2.45) is 0 Å². The summed E-state index contributed by atoms with van der Waals surface area (Å²) in [7, 11) is 0. The van der Waals surface area contributed by atoms with Crippen molar-refractivity contribution in [3.63, 3.8) is 0 Å². The highest BCUT2D eigenvalue weighted by Gasteiger charge is 2.15. The van der Waals surface area contributed by atoms with Gasteiger partial charge in [0.1, 0.15) is 11.9 Å². The Bertz CT molecular complexity index is 606. The van der Waals surface area contributed by atoms with Crippen molar-refractivity contribution >= 4 is 29.3 Å². The number of rotatable bonds is 4. The van der Waals surface area contributed by atoms with E-state index in [1.54, 1.807) is 17.8 Å². The quantitative estimate of drug-likeness (QED) is 0.658. The molecule has 0 aliphatic carbocycles. The van der Waals surface area contributed by atoms with Crippen LogP contribution in [0.4, 0.5) is 10.1 Å². The molecule has 0 radical (unpaired) electrons. The Labute approximate surface area is 133 Å². The number of nitrogens with one attached hydrogen (secondary N) is 2. The highest BCUT2D eigenvalue weighted by molar-refractivity contribution is 8.00. The van der Waals surface area contributed by atoms with Crippen molar-refractivity contribution in [3.8, 4) is 6.07 Å². The first kappa shape index (κ1) is 18.0. The molecule has 0 spiro atoms. The zero-order chi connectivity index (χ0) is 16.8. The molecule has 5 nitrogen and oxygen atoms in total. The maximum atomic E-state index is 13.2. The molecule has 0 heterocycles. The summed E-state index contributed by atoms with van der Waals surface area (Å²) >= 11 is 1.67. The topological polar surface area (TPSA) is 82.0 Å². The van der Waals surface area contributed by atoms with Gasteiger partial charge in [-0.2, -0.15) is 17.0 Å². The number of halogens is 1. The van der Waals surface area contributed by atoms with Crippen molar-refractivity contribution in [3.05, 3.63) is 29.6 Å². The lowest BCUT2D eigenvalue weighted by molar-refractivity contribution is -0.136. The van der Waals surface area contributed by atoms with E-state index in [2.05, 4.69) is 31.4 Å². The second-order valence-electron chi connectivity index (χ2n) is 5.48. The number of amides is 2. The molecule has 0 aliphatic rings. The molecule has 7 heteroatoms. The summed E-state index contributed by atoms with van der Waals surface area (Å²) in [5, 5.41) is 13.5. The van der Waals surface area contributed by atoms with E-state index >= 15 is 0 Å². The first-order valence-electron chi connectivity index (χ1n) is 6.66. The summed E-state index contributed by atoms with van der Waals surface area (Å²) in [4.78, 5) is 23.3. The number of benzene rings is 1. The minimum atomic E-state index is -0.851. The van der Waals surface area contributed by atoms with Crippen LogP contribution in [0.2, 0.25) is 0 Å². The fraction of sp³-hybridized carbons (Fsp3) is 0.400. The van der Waals surface area contributed by atoms with E-state index in [-0.39, 0.29) is 16.0 Å². The number of carbonyl (C=O) groups excluding carboxylic acids is 2. The normalized spacial score (nSPS) is 10.7. The van der Waals surface area contributed by atoms with Gasteiger partial charge >= 0.3 is 11.8 Å². The average Bonchev–Trinajstić information content (AvgIpc) is 2.44. The number of hydrogen-bond donors (Lipinski definition) is 2. The Morgan fingerprint density at radius 1 is 1.32 bits per heavy atom. The minimum absolute atomic E-state index is 0.0921. The van der Waals surface area contributed by atoms with Gasteiger partial charge in [0.25, 0.3) is 0 Å². The molecular formula is C15H18FN3O2S. The van der Waals surface area contributed by atoms with Crippen LogP contribution in [-0.4, -0.2) is 28.9 Å². The van der Waals surface area contributed by atoms with Crippen molar-refractivity contribution in [2.45, 2.75) is 25.5 Å². The van der Waals surface area contributed by atoms with Gasteiger partial charge in [-0.15, -0.1) is 0 Å². The van der Waals surface area contributed by atoms with Crippen LogP contribution in [0.3, 0.4) is 0 Å². The summed E-state index contributed by atoms with van der Waals surface area (Å²) in [6.07, 6.45) is 0. The third kappa shape index (κ3) is 6.14. The standard InChI is InChI=1S/C15H18FN3O2S/c1-15(2,3)22-7-6-18-13(20)14(21)19-11-4-5-12(16)10(8-11)9-17/h4-5,8H,6-7H2,1-3H3,(H,18,20)(H,19,21). The molecule has 118 valence electrons. The highest BCUT2D eigenvalue weighted by atomic mass is 32.2. The predicted octanol–water partition coefficient (Wildman–Crippen LogP) is 2.28. The molecule has 0 aromatic heterocycles. The SMILES string of the molecule is CC(C)(C)SCCNC(=O)C(=O)Nc1ccc(F)c(C#N)c1.